The Morgan fingerprint density at radius 1 is 1.44 bits per heavy atom. The van der Waals surface area contributed by atoms with Crippen LogP contribution in [-0.2, 0) is 0 Å². The summed E-state index contributed by atoms with van der Waals surface area (Å²) in [6, 6.07) is 5.89. The molecule has 0 amide bonds. The third-order valence-corrected chi connectivity index (χ3v) is 2.96. The zero-order valence-electron chi connectivity index (χ0n) is 10.0. The Kier molecular flexibility index (Phi) is 4.62. The molecule has 0 saturated carbocycles. The van der Waals surface area contributed by atoms with E-state index in [9.17, 15) is 0 Å². The number of halogens is 1. The van der Waals surface area contributed by atoms with Gasteiger partial charge in [-0.15, -0.1) is 0 Å². The quantitative estimate of drug-likeness (QED) is 0.875. The molecule has 0 aliphatic heterocycles. The lowest BCUT2D eigenvalue weighted by atomic mass is 9.94. The molecule has 0 fully saturated rings. The van der Waals surface area contributed by atoms with Crippen LogP contribution in [0.2, 0.25) is 0 Å². The van der Waals surface area contributed by atoms with Crippen molar-refractivity contribution in [3.63, 3.8) is 0 Å². The first-order valence-electron chi connectivity index (χ1n) is 5.26. The summed E-state index contributed by atoms with van der Waals surface area (Å²) < 4.78 is 6.31. The van der Waals surface area contributed by atoms with Crippen LogP contribution < -0.4 is 15.8 Å². The van der Waals surface area contributed by atoms with E-state index in [1.807, 2.05) is 18.2 Å². The standard InChI is InChI=1S/C12H19BrN2O/c1-12(2,7-14)8-15-10-6-9(13)4-5-11(10)16-3/h4-6,15H,7-8,14H2,1-3H3. The first kappa shape index (κ1) is 13.3. The van der Waals surface area contributed by atoms with Gasteiger partial charge < -0.3 is 15.8 Å². The fourth-order valence-electron chi connectivity index (χ4n) is 1.23. The highest BCUT2D eigenvalue weighted by Crippen LogP contribution is 2.28. The van der Waals surface area contributed by atoms with Gasteiger partial charge in [0.25, 0.3) is 0 Å². The Balaban J connectivity index is 2.76. The molecule has 0 saturated heterocycles. The number of nitrogens with one attached hydrogen (secondary N) is 1. The summed E-state index contributed by atoms with van der Waals surface area (Å²) in [5.41, 5.74) is 6.75. The summed E-state index contributed by atoms with van der Waals surface area (Å²) in [5.74, 6) is 0.844. The molecule has 0 radical (unpaired) electrons. The predicted octanol–water partition coefficient (Wildman–Crippen LogP) is 2.85. The van der Waals surface area contributed by atoms with Gasteiger partial charge in [-0.1, -0.05) is 29.8 Å². The van der Waals surface area contributed by atoms with Gasteiger partial charge >= 0.3 is 0 Å². The monoisotopic (exact) mass is 286 g/mol. The first-order valence-corrected chi connectivity index (χ1v) is 6.05. The van der Waals surface area contributed by atoms with Crippen molar-refractivity contribution in [3.05, 3.63) is 22.7 Å². The van der Waals surface area contributed by atoms with E-state index in [4.69, 9.17) is 10.5 Å². The number of ether oxygens (including phenoxy) is 1. The van der Waals surface area contributed by atoms with Gasteiger partial charge in [-0.05, 0) is 30.2 Å². The van der Waals surface area contributed by atoms with E-state index in [0.717, 1.165) is 22.5 Å². The number of hydrogen-bond donors (Lipinski definition) is 2. The largest absolute Gasteiger partial charge is 0.495 e. The Morgan fingerprint density at radius 3 is 2.69 bits per heavy atom. The summed E-state index contributed by atoms with van der Waals surface area (Å²) in [5, 5.41) is 3.36. The molecule has 0 aliphatic rings. The van der Waals surface area contributed by atoms with E-state index < -0.39 is 0 Å². The van der Waals surface area contributed by atoms with Gasteiger partial charge in [-0.2, -0.15) is 0 Å². The number of anilines is 1. The van der Waals surface area contributed by atoms with Crippen molar-refractivity contribution < 1.29 is 4.74 Å². The molecule has 0 atom stereocenters. The fraction of sp³-hybridized carbons (Fsp3) is 0.500. The van der Waals surface area contributed by atoms with Gasteiger partial charge in [0.2, 0.25) is 0 Å². The van der Waals surface area contributed by atoms with Gasteiger partial charge in [0.15, 0.2) is 0 Å². The van der Waals surface area contributed by atoms with Crippen molar-refractivity contribution in [2.45, 2.75) is 13.8 Å². The molecule has 16 heavy (non-hydrogen) atoms. The molecule has 0 aromatic heterocycles. The molecule has 3 nitrogen and oxygen atoms in total. The van der Waals surface area contributed by atoms with Crippen molar-refractivity contribution in [2.75, 3.05) is 25.5 Å². The summed E-state index contributed by atoms with van der Waals surface area (Å²) in [4.78, 5) is 0. The Labute approximate surface area is 105 Å². The molecule has 0 spiro atoms. The Morgan fingerprint density at radius 2 is 2.12 bits per heavy atom. The van der Waals surface area contributed by atoms with Gasteiger partial charge in [-0.25, -0.2) is 0 Å². The topological polar surface area (TPSA) is 47.3 Å². The Bertz CT molecular complexity index is 353. The maximum absolute atomic E-state index is 5.69. The van der Waals surface area contributed by atoms with Crippen LogP contribution >= 0.6 is 15.9 Å². The molecule has 3 N–H and O–H groups in total. The zero-order chi connectivity index (χ0) is 12.2. The van der Waals surface area contributed by atoms with Crippen molar-refractivity contribution >= 4 is 21.6 Å². The number of benzene rings is 1. The van der Waals surface area contributed by atoms with Gasteiger partial charge in [0.05, 0.1) is 12.8 Å². The number of hydrogen-bond acceptors (Lipinski definition) is 3. The molecule has 1 rings (SSSR count). The van der Waals surface area contributed by atoms with E-state index in [2.05, 4.69) is 35.1 Å². The molecule has 0 heterocycles. The summed E-state index contributed by atoms with van der Waals surface area (Å²) in [7, 11) is 1.67. The van der Waals surface area contributed by atoms with Crippen LogP contribution in [0, 0.1) is 5.41 Å². The van der Waals surface area contributed by atoms with Crippen molar-refractivity contribution in [2.24, 2.45) is 11.1 Å². The molecule has 1 aromatic carbocycles. The molecular weight excluding hydrogens is 268 g/mol. The average molecular weight is 287 g/mol. The molecule has 0 aliphatic carbocycles. The number of rotatable bonds is 5. The van der Waals surface area contributed by atoms with E-state index in [-0.39, 0.29) is 5.41 Å². The predicted molar refractivity (Wildman–Crippen MR) is 72.0 cm³/mol. The molecule has 90 valence electrons. The smallest absolute Gasteiger partial charge is 0.142 e. The van der Waals surface area contributed by atoms with E-state index in [1.54, 1.807) is 7.11 Å². The van der Waals surface area contributed by atoms with Crippen molar-refractivity contribution in [1.29, 1.82) is 0 Å². The lowest BCUT2D eigenvalue weighted by molar-refractivity contribution is 0.399. The second kappa shape index (κ2) is 5.55. The fourth-order valence-corrected chi connectivity index (χ4v) is 1.59. The average Bonchev–Trinajstić information content (AvgIpc) is 2.27. The molecule has 0 unspecified atom stereocenters. The third-order valence-electron chi connectivity index (χ3n) is 2.47. The van der Waals surface area contributed by atoms with Crippen LogP contribution in [0.15, 0.2) is 22.7 Å². The van der Waals surface area contributed by atoms with Crippen LogP contribution in [0.3, 0.4) is 0 Å². The molecular formula is C12H19BrN2O. The lowest BCUT2D eigenvalue weighted by Gasteiger charge is -2.24. The summed E-state index contributed by atoms with van der Waals surface area (Å²) >= 11 is 3.44. The van der Waals surface area contributed by atoms with E-state index >= 15 is 0 Å². The highest BCUT2D eigenvalue weighted by atomic mass is 79.9. The van der Waals surface area contributed by atoms with Crippen LogP contribution in [0.25, 0.3) is 0 Å². The van der Waals surface area contributed by atoms with Crippen LogP contribution in [0.4, 0.5) is 5.69 Å². The molecule has 4 heteroatoms. The van der Waals surface area contributed by atoms with Crippen LogP contribution in [0.1, 0.15) is 13.8 Å². The van der Waals surface area contributed by atoms with Gasteiger partial charge in [0.1, 0.15) is 5.75 Å². The highest BCUT2D eigenvalue weighted by Gasteiger charge is 2.15. The van der Waals surface area contributed by atoms with E-state index in [1.165, 1.54) is 0 Å². The maximum atomic E-state index is 5.69. The van der Waals surface area contributed by atoms with E-state index in [0.29, 0.717) is 6.54 Å². The zero-order valence-corrected chi connectivity index (χ0v) is 11.6. The van der Waals surface area contributed by atoms with Crippen molar-refractivity contribution in [3.8, 4) is 5.75 Å². The summed E-state index contributed by atoms with van der Waals surface area (Å²) in [6.07, 6.45) is 0. The Hall–Kier alpha value is -0.740. The van der Waals surface area contributed by atoms with Gasteiger partial charge in [0, 0.05) is 11.0 Å². The van der Waals surface area contributed by atoms with Crippen LogP contribution in [0.5, 0.6) is 5.75 Å². The lowest BCUT2D eigenvalue weighted by Crippen LogP contribution is -2.31. The normalized spacial score (nSPS) is 11.3. The highest BCUT2D eigenvalue weighted by molar-refractivity contribution is 9.10. The number of nitrogens with two attached hydrogens (primary N) is 1. The van der Waals surface area contributed by atoms with Crippen LogP contribution in [-0.4, -0.2) is 20.2 Å². The summed E-state index contributed by atoms with van der Waals surface area (Å²) in [6.45, 7) is 5.72. The minimum absolute atomic E-state index is 0.0767. The second-order valence-corrected chi connectivity index (χ2v) is 5.48. The second-order valence-electron chi connectivity index (χ2n) is 4.57. The van der Waals surface area contributed by atoms with Crippen molar-refractivity contribution in [1.82, 2.24) is 0 Å². The molecule has 0 bridgehead atoms. The first-order chi connectivity index (χ1) is 7.48. The number of methoxy groups -OCH3 is 1. The minimum Gasteiger partial charge on any atom is -0.495 e. The van der Waals surface area contributed by atoms with Gasteiger partial charge in [-0.3, -0.25) is 0 Å². The minimum atomic E-state index is 0.0767. The third kappa shape index (κ3) is 3.68. The maximum Gasteiger partial charge on any atom is 0.142 e. The SMILES string of the molecule is COc1ccc(Br)cc1NCC(C)(C)CN. The molecule has 1 aromatic rings.